The highest BCUT2D eigenvalue weighted by atomic mass is 35.5. The Hall–Kier alpha value is -3.08. The van der Waals surface area contributed by atoms with E-state index in [9.17, 15) is 14.7 Å². The van der Waals surface area contributed by atoms with Gasteiger partial charge in [-0.25, -0.2) is 4.39 Å². The molecular formula is C33H35Cl2FN4O4. The number of hydrogen-bond acceptors (Lipinski definition) is 6. The van der Waals surface area contributed by atoms with Crippen LogP contribution < -0.4 is 5.32 Å². The van der Waals surface area contributed by atoms with Crippen molar-refractivity contribution in [3.05, 3.63) is 98.5 Å². The highest BCUT2D eigenvalue weighted by Gasteiger charge is 2.55. The van der Waals surface area contributed by atoms with Crippen LogP contribution in [0.15, 0.2) is 54.7 Å². The topological polar surface area (TPSA) is 95.0 Å². The number of pyridine rings is 1. The second-order valence-corrected chi connectivity index (χ2v) is 13.1. The van der Waals surface area contributed by atoms with Crippen molar-refractivity contribution in [2.75, 3.05) is 26.9 Å². The van der Waals surface area contributed by atoms with Gasteiger partial charge in [-0.1, -0.05) is 35.3 Å². The molecule has 3 heterocycles. The summed E-state index contributed by atoms with van der Waals surface area (Å²) in [6.07, 6.45) is 4.56. The Bertz CT molecular complexity index is 1560. The van der Waals surface area contributed by atoms with Crippen LogP contribution in [0, 0.1) is 17.7 Å². The van der Waals surface area contributed by atoms with Gasteiger partial charge in [0, 0.05) is 22.7 Å². The average molecular weight is 642 g/mol. The zero-order valence-electron chi connectivity index (χ0n) is 24.7. The number of piperidine rings is 1. The first-order chi connectivity index (χ1) is 21.0. The van der Waals surface area contributed by atoms with Crippen LogP contribution in [0.2, 0.25) is 10.0 Å². The lowest BCUT2D eigenvalue weighted by molar-refractivity contribution is -0.137. The average Bonchev–Trinajstić information content (AvgIpc) is 3.82. The molecule has 1 saturated carbocycles. The molecule has 1 aliphatic carbocycles. The van der Waals surface area contributed by atoms with Crippen LogP contribution in [0.3, 0.4) is 0 Å². The molecule has 1 aromatic heterocycles. The van der Waals surface area contributed by atoms with Gasteiger partial charge in [0.1, 0.15) is 12.5 Å². The molecule has 2 atom stereocenters. The molecule has 2 aromatic carbocycles. The van der Waals surface area contributed by atoms with E-state index in [1.807, 2.05) is 7.05 Å². The number of carbonyl (C=O) groups excluding carboxylic acids is 2. The van der Waals surface area contributed by atoms with Gasteiger partial charge in [0.05, 0.1) is 34.0 Å². The van der Waals surface area contributed by atoms with Crippen LogP contribution in [0.4, 0.5) is 4.39 Å². The van der Waals surface area contributed by atoms with E-state index in [4.69, 9.17) is 27.9 Å². The van der Waals surface area contributed by atoms with Crippen LogP contribution in [-0.2, 0) is 27.4 Å². The van der Waals surface area contributed by atoms with Gasteiger partial charge in [-0.05, 0) is 101 Å². The molecule has 3 aromatic rings. The Labute approximate surface area is 266 Å². The van der Waals surface area contributed by atoms with Gasteiger partial charge in [-0.2, -0.15) is 0 Å². The second kappa shape index (κ2) is 12.0. The lowest BCUT2D eigenvalue weighted by atomic mass is 9.76. The number of aromatic nitrogens is 1. The highest BCUT2D eigenvalue weighted by molar-refractivity contribution is 6.30. The maximum absolute atomic E-state index is 16.7. The smallest absolute Gasteiger partial charge is 0.257 e. The van der Waals surface area contributed by atoms with Crippen molar-refractivity contribution in [2.45, 2.75) is 50.5 Å². The van der Waals surface area contributed by atoms with Gasteiger partial charge in [0.15, 0.2) is 0 Å². The first-order valence-corrected chi connectivity index (χ1v) is 15.6. The highest BCUT2D eigenvalue weighted by Crippen LogP contribution is 2.49. The number of ether oxygens (including phenoxy) is 1. The van der Waals surface area contributed by atoms with E-state index in [2.05, 4.69) is 15.2 Å². The van der Waals surface area contributed by atoms with Crippen LogP contribution in [0.1, 0.15) is 65.3 Å². The van der Waals surface area contributed by atoms with Crippen LogP contribution in [-0.4, -0.2) is 58.6 Å². The number of aliphatic hydroxyl groups is 1. The van der Waals surface area contributed by atoms with E-state index in [1.54, 1.807) is 49.4 Å². The van der Waals surface area contributed by atoms with Gasteiger partial charge in [0.25, 0.3) is 5.91 Å². The quantitative estimate of drug-likeness (QED) is 0.303. The molecule has 0 radical (unpaired) electrons. The third kappa shape index (κ3) is 5.72. The molecule has 44 heavy (non-hydrogen) atoms. The summed E-state index contributed by atoms with van der Waals surface area (Å²) in [6.45, 7) is 2.99. The Morgan fingerprint density at radius 2 is 1.80 bits per heavy atom. The largest absolute Gasteiger partial charge is 0.385 e. The normalized spacial score (nSPS) is 22.1. The van der Waals surface area contributed by atoms with Gasteiger partial charge in [-0.3, -0.25) is 19.5 Å². The van der Waals surface area contributed by atoms with Crippen molar-refractivity contribution >= 4 is 35.0 Å². The summed E-state index contributed by atoms with van der Waals surface area (Å²) >= 11 is 12.3. The molecule has 11 heteroatoms. The second-order valence-electron chi connectivity index (χ2n) is 12.2. The molecule has 6 rings (SSSR count). The lowest BCUT2D eigenvalue weighted by Gasteiger charge is -2.40. The maximum Gasteiger partial charge on any atom is 0.257 e. The molecule has 8 nitrogen and oxygen atoms in total. The molecule has 3 aliphatic rings. The molecule has 1 saturated heterocycles. The minimum atomic E-state index is -1.78. The standard InChI is InChI=1S/C33H35Cl2FN4O4/c1-32(43,21-11-13-39(2)14-12-21)23-15-27-29(28(36)16-23)33(22-5-7-24(34)8-6-22,44-19-38-30(41)20-3-4-20)40(31(27)42)18-26-10-9-25(35)17-37-26/h5-10,15-17,20-21,43H,3-4,11-14,18-19H2,1-2H3,(H,38,41)/t32?,33-/m1/s1. The number of hydrogen-bond donors (Lipinski definition) is 2. The van der Waals surface area contributed by atoms with Crippen molar-refractivity contribution in [2.24, 2.45) is 11.8 Å². The van der Waals surface area contributed by atoms with E-state index in [0.29, 0.717) is 26.9 Å². The molecular weight excluding hydrogens is 606 g/mol. The van der Waals surface area contributed by atoms with Crippen molar-refractivity contribution in [1.82, 2.24) is 20.1 Å². The molecule has 2 amide bonds. The van der Waals surface area contributed by atoms with Gasteiger partial charge < -0.3 is 20.1 Å². The predicted octanol–water partition coefficient (Wildman–Crippen LogP) is 5.43. The van der Waals surface area contributed by atoms with Crippen molar-refractivity contribution in [3.63, 3.8) is 0 Å². The zero-order chi connectivity index (χ0) is 31.2. The Kier molecular flexibility index (Phi) is 8.45. The number of nitrogens with zero attached hydrogens (tertiary/aromatic N) is 3. The van der Waals surface area contributed by atoms with Crippen molar-refractivity contribution in [1.29, 1.82) is 0 Å². The first kappa shape index (κ1) is 30.9. The molecule has 2 aliphatic heterocycles. The summed E-state index contributed by atoms with van der Waals surface area (Å²) in [5.74, 6) is -1.54. The number of nitrogens with one attached hydrogen (secondary N) is 1. The van der Waals surface area contributed by atoms with Crippen molar-refractivity contribution < 1.29 is 23.8 Å². The monoisotopic (exact) mass is 640 g/mol. The van der Waals surface area contributed by atoms with E-state index < -0.39 is 23.1 Å². The zero-order valence-corrected chi connectivity index (χ0v) is 26.2. The molecule has 1 unspecified atom stereocenters. The Morgan fingerprint density at radius 1 is 1.11 bits per heavy atom. The minimum Gasteiger partial charge on any atom is -0.385 e. The van der Waals surface area contributed by atoms with Crippen molar-refractivity contribution in [3.8, 4) is 0 Å². The summed E-state index contributed by atoms with van der Waals surface area (Å²) in [5.41, 5.74) is -1.80. The molecule has 2 fully saturated rings. The van der Waals surface area contributed by atoms with Crippen LogP contribution >= 0.6 is 23.2 Å². The van der Waals surface area contributed by atoms with Crippen LogP contribution in [0.5, 0.6) is 0 Å². The summed E-state index contributed by atoms with van der Waals surface area (Å²) in [7, 11) is 2.03. The summed E-state index contributed by atoms with van der Waals surface area (Å²) in [4.78, 5) is 35.0. The Morgan fingerprint density at radius 3 is 2.43 bits per heavy atom. The predicted molar refractivity (Wildman–Crippen MR) is 164 cm³/mol. The fourth-order valence-corrected chi connectivity index (χ4v) is 6.64. The third-order valence-corrected chi connectivity index (χ3v) is 9.68. The SMILES string of the molecule is CN1CCC(C(C)(O)c2cc(F)c3c(c2)C(=O)N(Cc2ccc(Cl)cn2)[C@@]3(OCNC(=O)C2CC2)c2ccc(Cl)cc2)CC1. The van der Waals surface area contributed by atoms with E-state index in [0.717, 1.165) is 38.8 Å². The summed E-state index contributed by atoms with van der Waals surface area (Å²) < 4.78 is 23.2. The Balaban J connectivity index is 1.48. The molecule has 0 bridgehead atoms. The van der Waals surface area contributed by atoms with E-state index in [1.165, 1.54) is 17.2 Å². The van der Waals surface area contributed by atoms with Gasteiger partial charge in [0.2, 0.25) is 11.6 Å². The van der Waals surface area contributed by atoms with Crippen LogP contribution in [0.25, 0.3) is 0 Å². The molecule has 0 spiro atoms. The first-order valence-electron chi connectivity index (χ1n) is 14.9. The van der Waals surface area contributed by atoms with Gasteiger partial charge in [-0.15, -0.1) is 0 Å². The fraction of sp³-hybridized carbons (Fsp3) is 0.424. The number of likely N-dealkylation sites (tertiary alicyclic amines) is 1. The number of benzene rings is 2. The number of rotatable bonds is 9. The fourth-order valence-electron chi connectivity index (χ4n) is 6.40. The van der Waals surface area contributed by atoms with Gasteiger partial charge >= 0.3 is 0 Å². The summed E-state index contributed by atoms with van der Waals surface area (Å²) in [6, 6.07) is 12.9. The molecule has 232 valence electrons. The summed E-state index contributed by atoms with van der Waals surface area (Å²) in [5, 5.41) is 15.5. The minimum absolute atomic E-state index is 0.00221. The number of amides is 2. The van der Waals surface area contributed by atoms with E-state index >= 15 is 4.39 Å². The molecule has 2 N–H and O–H groups in total. The maximum atomic E-state index is 16.7. The number of fused-ring (bicyclic) bond motifs is 1. The number of halogens is 3. The third-order valence-electron chi connectivity index (χ3n) is 9.20. The number of carbonyl (C=O) groups is 2. The van der Waals surface area contributed by atoms with E-state index in [-0.39, 0.29) is 42.1 Å². The lowest BCUT2D eigenvalue weighted by Crippen LogP contribution is -2.49.